The van der Waals surface area contributed by atoms with Gasteiger partial charge in [-0.25, -0.2) is 19.9 Å². The van der Waals surface area contributed by atoms with Crippen LogP contribution in [0.5, 0.6) is 0 Å². The smallest absolute Gasteiger partial charge is 0.160 e. The summed E-state index contributed by atoms with van der Waals surface area (Å²) in [6, 6.07) is 47.3. The van der Waals surface area contributed by atoms with E-state index in [9.17, 15) is 0 Å². The predicted molar refractivity (Wildman–Crippen MR) is 193 cm³/mol. The SMILES string of the molecule is c1ccc(-c2nc(-c3ccc(-c4ncc5c(n4)c(-c4ccccc4)c(-c4ccccc4)c4nccnc45)cc3)nc3ccccc23)cc1. The number of nitrogens with zero attached hydrogens (tertiary/aromatic N) is 6. The first-order chi connectivity index (χ1) is 23.8. The number of aromatic nitrogens is 6. The predicted octanol–water partition coefficient (Wildman–Crippen LogP) is 9.85. The molecule has 0 saturated heterocycles. The van der Waals surface area contributed by atoms with Crippen LogP contribution < -0.4 is 0 Å². The number of rotatable bonds is 5. The van der Waals surface area contributed by atoms with E-state index in [1.807, 2.05) is 91.1 Å². The van der Waals surface area contributed by atoms with Crippen LogP contribution in [0.1, 0.15) is 0 Å². The highest BCUT2D eigenvalue weighted by Crippen LogP contribution is 2.42. The van der Waals surface area contributed by atoms with Gasteiger partial charge in [0.05, 0.1) is 22.2 Å². The first-order valence-electron chi connectivity index (χ1n) is 15.8. The molecule has 0 radical (unpaired) electrons. The molecule has 0 aliphatic heterocycles. The molecule has 3 heterocycles. The van der Waals surface area contributed by atoms with Gasteiger partial charge in [-0.15, -0.1) is 0 Å². The van der Waals surface area contributed by atoms with Crippen molar-refractivity contribution in [3.8, 4) is 56.3 Å². The van der Waals surface area contributed by atoms with Gasteiger partial charge in [0.25, 0.3) is 0 Å². The summed E-state index contributed by atoms with van der Waals surface area (Å²) in [6.45, 7) is 0. The maximum Gasteiger partial charge on any atom is 0.160 e. The molecule has 9 aromatic rings. The Labute approximate surface area is 276 Å². The van der Waals surface area contributed by atoms with Crippen LogP contribution in [0.15, 0.2) is 158 Å². The van der Waals surface area contributed by atoms with Crippen molar-refractivity contribution in [2.45, 2.75) is 0 Å². The highest BCUT2D eigenvalue weighted by Gasteiger charge is 2.21. The van der Waals surface area contributed by atoms with Gasteiger partial charge in [-0.3, -0.25) is 9.97 Å². The fraction of sp³-hybridized carbons (Fsp3) is 0. The van der Waals surface area contributed by atoms with E-state index in [0.717, 1.165) is 77.5 Å². The molecule has 3 aromatic heterocycles. The minimum atomic E-state index is 0.623. The molecule has 0 unspecified atom stereocenters. The quantitative estimate of drug-likeness (QED) is 0.180. The third-order valence-electron chi connectivity index (χ3n) is 8.64. The van der Waals surface area contributed by atoms with E-state index in [-0.39, 0.29) is 0 Å². The van der Waals surface area contributed by atoms with Crippen LogP contribution in [0, 0.1) is 0 Å². The van der Waals surface area contributed by atoms with Gasteiger partial charge in [-0.2, -0.15) is 0 Å². The van der Waals surface area contributed by atoms with Crippen LogP contribution in [-0.2, 0) is 0 Å². The summed E-state index contributed by atoms with van der Waals surface area (Å²) in [5.41, 5.74) is 11.2. The lowest BCUT2D eigenvalue weighted by molar-refractivity contribution is 1.21. The fourth-order valence-corrected chi connectivity index (χ4v) is 6.40. The van der Waals surface area contributed by atoms with Crippen LogP contribution in [-0.4, -0.2) is 29.9 Å². The molecule has 0 atom stereocenters. The van der Waals surface area contributed by atoms with Crippen molar-refractivity contribution in [3.05, 3.63) is 158 Å². The molecule has 0 aliphatic carbocycles. The molecule has 6 aromatic carbocycles. The second-order valence-corrected chi connectivity index (χ2v) is 11.5. The number of hydrogen-bond donors (Lipinski definition) is 0. The number of benzene rings is 6. The van der Waals surface area contributed by atoms with Gasteiger partial charge in [0.1, 0.15) is 5.52 Å². The maximum atomic E-state index is 5.25. The minimum absolute atomic E-state index is 0.623. The first-order valence-corrected chi connectivity index (χ1v) is 15.8. The van der Waals surface area contributed by atoms with Crippen LogP contribution in [0.4, 0.5) is 0 Å². The Balaban J connectivity index is 1.21. The van der Waals surface area contributed by atoms with Crippen molar-refractivity contribution < 1.29 is 0 Å². The molecule has 6 nitrogen and oxygen atoms in total. The van der Waals surface area contributed by atoms with Crippen molar-refractivity contribution in [1.82, 2.24) is 29.9 Å². The van der Waals surface area contributed by atoms with Gasteiger partial charge >= 0.3 is 0 Å². The van der Waals surface area contributed by atoms with E-state index in [1.165, 1.54) is 0 Å². The highest BCUT2D eigenvalue weighted by molar-refractivity contribution is 6.17. The van der Waals surface area contributed by atoms with Crippen LogP contribution in [0.25, 0.3) is 89.1 Å². The summed E-state index contributed by atoms with van der Waals surface area (Å²) >= 11 is 0. The lowest BCUT2D eigenvalue weighted by Gasteiger charge is -2.17. The van der Waals surface area contributed by atoms with E-state index < -0.39 is 0 Å². The van der Waals surface area contributed by atoms with E-state index in [1.54, 1.807) is 12.4 Å². The standard InChI is InChI=1S/C42H26N6/c1-4-12-27(13-5-1)35-36(28-14-6-2-7-15-28)40-39(43-24-25-44-40)33-26-45-41(48-38(33)35)30-20-22-31(23-21-30)42-46-34-19-11-10-18-32(34)37(47-42)29-16-8-3-9-17-29/h1-26H. The zero-order chi connectivity index (χ0) is 31.9. The summed E-state index contributed by atoms with van der Waals surface area (Å²) in [6.07, 6.45) is 5.35. The Kier molecular flexibility index (Phi) is 6.68. The Morgan fingerprint density at radius 2 is 0.875 bits per heavy atom. The van der Waals surface area contributed by atoms with E-state index >= 15 is 0 Å². The molecule has 0 aliphatic rings. The second-order valence-electron chi connectivity index (χ2n) is 11.5. The normalized spacial score (nSPS) is 11.3. The van der Waals surface area contributed by atoms with Gasteiger partial charge in [0.2, 0.25) is 0 Å². The Bertz CT molecular complexity index is 2590. The average molecular weight is 615 g/mol. The molecule has 0 spiro atoms. The third kappa shape index (κ3) is 4.75. The van der Waals surface area contributed by atoms with Gasteiger partial charge in [-0.05, 0) is 17.2 Å². The molecule has 0 fully saturated rings. The Morgan fingerprint density at radius 1 is 0.333 bits per heavy atom. The monoisotopic (exact) mass is 614 g/mol. The molecule has 48 heavy (non-hydrogen) atoms. The zero-order valence-corrected chi connectivity index (χ0v) is 25.7. The van der Waals surface area contributed by atoms with Crippen molar-refractivity contribution in [3.63, 3.8) is 0 Å². The Morgan fingerprint density at radius 3 is 1.54 bits per heavy atom. The highest BCUT2D eigenvalue weighted by atomic mass is 14.9. The summed E-state index contributed by atoms with van der Waals surface area (Å²) < 4.78 is 0. The molecular weight excluding hydrogens is 589 g/mol. The van der Waals surface area contributed by atoms with Gasteiger partial charge in [-0.1, -0.05) is 133 Å². The summed E-state index contributed by atoms with van der Waals surface area (Å²) in [5, 5.41) is 1.88. The number of para-hydroxylation sites is 1. The van der Waals surface area contributed by atoms with Crippen LogP contribution in [0.3, 0.4) is 0 Å². The lowest BCUT2D eigenvalue weighted by Crippen LogP contribution is -1.99. The molecule has 0 N–H and O–H groups in total. The number of hydrogen-bond acceptors (Lipinski definition) is 6. The van der Waals surface area contributed by atoms with Crippen molar-refractivity contribution in [2.24, 2.45) is 0 Å². The van der Waals surface area contributed by atoms with Crippen molar-refractivity contribution in [2.75, 3.05) is 0 Å². The third-order valence-corrected chi connectivity index (χ3v) is 8.64. The lowest BCUT2D eigenvalue weighted by atomic mass is 9.90. The van der Waals surface area contributed by atoms with E-state index in [0.29, 0.717) is 11.6 Å². The van der Waals surface area contributed by atoms with Crippen LogP contribution in [0.2, 0.25) is 0 Å². The molecule has 0 amide bonds. The summed E-state index contributed by atoms with van der Waals surface area (Å²) in [5.74, 6) is 1.29. The minimum Gasteiger partial charge on any atom is -0.252 e. The topological polar surface area (TPSA) is 77.3 Å². The van der Waals surface area contributed by atoms with Crippen LogP contribution >= 0.6 is 0 Å². The summed E-state index contributed by atoms with van der Waals surface area (Å²) in [7, 11) is 0. The van der Waals surface area contributed by atoms with Crippen molar-refractivity contribution >= 4 is 32.8 Å². The van der Waals surface area contributed by atoms with Gasteiger partial charge < -0.3 is 0 Å². The number of fused-ring (bicyclic) bond motifs is 4. The second kappa shape index (κ2) is 11.6. The molecule has 0 bridgehead atoms. The molecule has 0 saturated carbocycles. The van der Waals surface area contributed by atoms with E-state index in [4.69, 9.17) is 29.9 Å². The first kappa shape index (κ1) is 27.6. The zero-order valence-electron chi connectivity index (χ0n) is 25.7. The average Bonchev–Trinajstić information content (AvgIpc) is 3.18. The van der Waals surface area contributed by atoms with Crippen molar-refractivity contribution in [1.29, 1.82) is 0 Å². The molecule has 6 heteroatoms. The van der Waals surface area contributed by atoms with Gasteiger partial charge in [0, 0.05) is 57.2 Å². The molecular formula is C42H26N6. The van der Waals surface area contributed by atoms with Gasteiger partial charge in [0.15, 0.2) is 11.6 Å². The maximum absolute atomic E-state index is 5.25. The van der Waals surface area contributed by atoms with E-state index in [2.05, 4.69) is 54.6 Å². The Hall–Kier alpha value is -6.66. The fourth-order valence-electron chi connectivity index (χ4n) is 6.40. The largest absolute Gasteiger partial charge is 0.252 e. The molecule has 9 rings (SSSR count). The summed E-state index contributed by atoms with van der Waals surface area (Å²) in [4.78, 5) is 29.7. The molecule has 224 valence electrons.